The Morgan fingerprint density at radius 1 is 0.932 bits per heavy atom. The smallest absolute Gasteiger partial charge is 0.360 e. The zero-order valence-corrected chi connectivity index (χ0v) is 23.7. The number of hydrogen-bond donors (Lipinski definition) is 4. The molecule has 0 atom stereocenters. The van der Waals surface area contributed by atoms with Gasteiger partial charge in [-0.2, -0.15) is 13.2 Å². The van der Waals surface area contributed by atoms with Crippen molar-refractivity contribution in [3.8, 4) is 11.3 Å². The summed E-state index contributed by atoms with van der Waals surface area (Å²) in [6.45, 7) is 0.632. The molecule has 5 aromatic rings. The van der Waals surface area contributed by atoms with E-state index in [4.69, 9.17) is 0 Å². The first kappa shape index (κ1) is 30.0. The van der Waals surface area contributed by atoms with Crippen LogP contribution in [0.2, 0.25) is 0 Å². The number of likely N-dealkylation sites (N-methyl/N-ethyl adjacent to an activating group) is 1. The normalized spacial score (nSPS) is 11.7. The number of nitrogens with one attached hydrogen (secondary N) is 4. The van der Waals surface area contributed by atoms with Crippen molar-refractivity contribution in [2.75, 3.05) is 36.6 Å². The average molecular weight is 600 g/mol. The fraction of sp³-hybridized carbons (Fsp3) is 0.125. The molecule has 0 saturated carbocycles. The number of amides is 2. The number of anilines is 4. The van der Waals surface area contributed by atoms with Crippen LogP contribution in [0.15, 0.2) is 97.3 Å². The summed E-state index contributed by atoms with van der Waals surface area (Å²) in [4.78, 5) is 38.0. The van der Waals surface area contributed by atoms with Crippen LogP contribution in [0.5, 0.6) is 0 Å². The molecule has 3 aromatic carbocycles. The molecule has 2 aromatic heterocycles. The molecule has 0 radical (unpaired) electrons. The van der Waals surface area contributed by atoms with Gasteiger partial charge < -0.3 is 25.8 Å². The number of carbonyl (C=O) groups excluding carboxylic acids is 2. The van der Waals surface area contributed by atoms with E-state index in [1.165, 1.54) is 12.3 Å². The highest BCUT2D eigenvalue weighted by Crippen LogP contribution is 2.38. The first-order valence-corrected chi connectivity index (χ1v) is 13.5. The monoisotopic (exact) mass is 599 g/mol. The molecule has 44 heavy (non-hydrogen) atoms. The first-order chi connectivity index (χ1) is 21.1. The predicted octanol–water partition coefficient (Wildman–Crippen LogP) is 6.70. The molecule has 9 nitrogen and oxygen atoms in total. The second kappa shape index (κ2) is 12.8. The van der Waals surface area contributed by atoms with Crippen LogP contribution in [-0.2, 0) is 11.0 Å². The molecule has 4 N–H and O–H groups in total. The van der Waals surface area contributed by atoms with E-state index in [0.717, 1.165) is 6.20 Å². The quantitative estimate of drug-likeness (QED) is 0.140. The third-order valence-corrected chi connectivity index (χ3v) is 6.47. The number of nitrogens with zero attached hydrogens (tertiary/aromatic N) is 3. The molecule has 2 heterocycles. The molecule has 0 saturated heterocycles. The van der Waals surface area contributed by atoms with Crippen molar-refractivity contribution >= 4 is 45.7 Å². The Labute approximate surface area is 250 Å². The molecule has 0 aliphatic heterocycles. The van der Waals surface area contributed by atoms with Crippen molar-refractivity contribution in [2.24, 2.45) is 0 Å². The van der Waals surface area contributed by atoms with Crippen LogP contribution in [-0.4, -0.2) is 52.3 Å². The topological polar surface area (TPSA) is 115 Å². The lowest BCUT2D eigenvalue weighted by molar-refractivity contribution is -0.137. The summed E-state index contributed by atoms with van der Waals surface area (Å²) in [6.07, 6.45) is 0.770. The van der Waals surface area contributed by atoms with Gasteiger partial charge in [-0.05, 0) is 62.6 Å². The van der Waals surface area contributed by atoms with Crippen LogP contribution in [0, 0.1) is 0 Å². The molecular weight excluding hydrogens is 571 g/mol. The van der Waals surface area contributed by atoms with Gasteiger partial charge in [0.05, 0.1) is 5.69 Å². The minimum atomic E-state index is -4.66. The van der Waals surface area contributed by atoms with Gasteiger partial charge in [-0.15, -0.1) is 0 Å². The lowest BCUT2D eigenvalue weighted by Gasteiger charge is -2.14. The van der Waals surface area contributed by atoms with Crippen molar-refractivity contribution in [3.05, 3.63) is 108 Å². The zero-order chi connectivity index (χ0) is 31.3. The summed E-state index contributed by atoms with van der Waals surface area (Å²) in [5.74, 6) is -0.715. The van der Waals surface area contributed by atoms with E-state index in [1.807, 2.05) is 19.0 Å². The van der Waals surface area contributed by atoms with Gasteiger partial charge in [0, 0.05) is 64.1 Å². The van der Waals surface area contributed by atoms with Gasteiger partial charge in [0.1, 0.15) is 5.56 Å². The van der Waals surface area contributed by atoms with Crippen molar-refractivity contribution in [2.45, 2.75) is 6.18 Å². The summed E-state index contributed by atoms with van der Waals surface area (Å²) < 4.78 is 41.7. The maximum atomic E-state index is 13.9. The van der Waals surface area contributed by atoms with E-state index in [-0.39, 0.29) is 17.5 Å². The lowest BCUT2D eigenvalue weighted by atomic mass is 10.1. The van der Waals surface area contributed by atoms with E-state index >= 15 is 0 Å². The van der Waals surface area contributed by atoms with Crippen LogP contribution >= 0.6 is 0 Å². The van der Waals surface area contributed by atoms with Crippen LogP contribution in [0.3, 0.4) is 0 Å². The fourth-order valence-corrected chi connectivity index (χ4v) is 4.39. The Balaban J connectivity index is 1.29. The SMILES string of the molecule is CN(C)C/C=C/C(=O)Nc1ccc(C(=O)Nc2cccc(Nc3ncc(C(F)(F)F)c(-c4c[nH]c5ccccc45)n3)c2)cc1. The zero-order valence-electron chi connectivity index (χ0n) is 23.7. The van der Waals surface area contributed by atoms with E-state index < -0.39 is 17.6 Å². The van der Waals surface area contributed by atoms with Crippen molar-refractivity contribution < 1.29 is 22.8 Å². The van der Waals surface area contributed by atoms with E-state index in [0.29, 0.717) is 45.6 Å². The predicted molar refractivity (Wildman–Crippen MR) is 165 cm³/mol. The number of aromatic nitrogens is 3. The van der Waals surface area contributed by atoms with Gasteiger partial charge in [-0.1, -0.05) is 30.3 Å². The van der Waals surface area contributed by atoms with E-state index in [1.54, 1.807) is 78.9 Å². The summed E-state index contributed by atoms with van der Waals surface area (Å²) in [5, 5.41) is 9.06. The van der Waals surface area contributed by atoms with Crippen LogP contribution in [0.4, 0.5) is 36.2 Å². The second-order valence-corrected chi connectivity index (χ2v) is 10.1. The number of hydrogen-bond acceptors (Lipinski definition) is 6. The standard InChI is InChI=1S/C32H28F3N7O2/c1-42(2)16-6-11-28(43)38-21-14-12-20(13-15-21)30(44)39-22-7-5-8-23(17-22)40-31-37-19-26(32(33,34)35)29(41-31)25-18-36-27-10-4-3-9-24(25)27/h3-15,17-19,36H,16H2,1-2H3,(H,38,43)(H,39,44)(H,37,40,41)/b11-6+. The van der Waals surface area contributed by atoms with Gasteiger partial charge in [0.2, 0.25) is 11.9 Å². The number of H-pyrrole nitrogens is 1. The molecule has 5 rings (SSSR count). The lowest BCUT2D eigenvalue weighted by Crippen LogP contribution is -2.14. The average Bonchev–Trinajstić information content (AvgIpc) is 3.41. The maximum Gasteiger partial charge on any atom is 0.419 e. The van der Waals surface area contributed by atoms with Crippen LogP contribution in [0.25, 0.3) is 22.2 Å². The summed E-state index contributed by atoms with van der Waals surface area (Å²) in [6, 6.07) is 20.0. The minimum absolute atomic E-state index is 0.0454. The molecule has 12 heteroatoms. The van der Waals surface area contributed by atoms with Gasteiger partial charge in [0.25, 0.3) is 5.91 Å². The Hall–Kier alpha value is -5.49. The molecule has 0 spiro atoms. The summed E-state index contributed by atoms with van der Waals surface area (Å²) in [5.41, 5.74) is 1.54. The minimum Gasteiger partial charge on any atom is -0.360 e. The number of rotatable bonds is 9. The number of benzene rings is 3. The molecule has 0 aliphatic carbocycles. The Bertz CT molecular complexity index is 1830. The highest BCUT2D eigenvalue weighted by atomic mass is 19.4. The fourth-order valence-electron chi connectivity index (χ4n) is 4.39. The van der Waals surface area contributed by atoms with Crippen LogP contribution < -0.4 is 16.0 Å². The number of halogens is 3. The molecule has 0 aliphatic rings. The number of para-hydroxylation sites is 1. The van der Waals surface area contributed by atoms with E-state index in [9.17, 15) is 22.8 Å². The third kappa shape index (κ3) is 7.28. The number of alkyl halides is 3. The highest BCUT2D eigenvalue weighted by molar-refractivity contribution is 6.05. The summed E-state index contributed by atoms with van der Waals surface area (Å²) >= 11 is 0. The Morgan fingerprint density at radius 3 is 2.43 bits per heavy atom. The third-order valence-electron chi connectivity index (χ3n) is 6.47. The van der Waals surface area contributed by atoms with Crippen molar-refractivity contribution in [1.82, 2.24) is 19.9 Å². The highest BCUT2D eigenvalue weighted by Gasteiger charge is 2.36. The van der Waals surface area contributed by atoms with Gasteiger partial charge in [-0.3, -0.25) is 9.59 Å². The van der Waals surface area contributed by atoms with Crippen molar-refractivity contribution in [1.29, 1.82) is 0 Å². The second-order valence-electron chi connectivity index (χ2n) is 10.1. The van der Waals surface area contributed by atoms with E-state index in [2.05, 4.69) is 30.9 Å². The largest absolute Gasteiger partial charge is 0.419 e. The van der Waals surface area contributed by atoms with Crippen LogP contribution in [0.1, 0.15) is 15.9 Å². The Kier molecular flexibility index (Phi) is 8.72. The molecule has 224 valence electrons. The molecule has 2 amide bonds. The van der Waals surface area contributed by atoms with Gasteiger partial charge >= 0.3 is 6.18 Å². The number of carbonyl (C=O) groups is 2. The first-order valence-electron chi connectivity index (χ1n) is 13.5. The number of fused-ring (bicyclic) bond motifs is 1. The molecule has 0 bridgehead atoms. The molecule has 0 fully saturated rings. The van der Waals surface area contributed by atoms with Crippen molar-refractivity contribution in [3.63, 3.8) is 0 Å². The van der Waals surface area contributed by atoms with Gasteiger partial charge in [-0.25, -0.2) is 9.97 Å². The van der Waals surface area contributed by atoms with Gasteiger partial charge in [0.15, 0.2) is 0 Å². The Morgan fingerprint density at radius 2 is 1.68 bits per heavy atom. The number of aromatic amines is 1. The molecule has 0 unspecified atom stereocenters. The maximum absolute atomic E-state index is 13.9. The molecular formula is C32H28F3N7O2. The summed E-state index contributed by atoms with van der Waals surface area (Å²) in [7, 11) is 3.79.